The maximum Gasteiger partial charge on any atom is 0.128 e. The summed E-state index contributed by atoms with van der Waals surface area (Å²) in [6, 6.07) is 15.2. The lowest BCUT2D eigenvalue weighted by Gasteiger charge is -2.29. The Kier molecular flexibility index (Phi) is 4.01. The van der Waals surface area contributed by atoms with Crippen LogP contribution in [-0.4, -0.2) is 0 Å². The van der Waals surface area contributed by atoms with Crippen LogP contribution in [0.2, 0.25) is 0 Å². The van der Waals surface area contributed by atoms with Crippen molar-refractivity contribution < 1.29 is 4.39 Å². The number of nitrogens with two attached hydrogens (primary N) is 1. The maximum absolute atomic E-state index is 14.1. The minimum absolute atomic E-state index is 0.217. The zero-order chi connectivity index (χ0) is 13.9. The van der Waals surface area contributed by atoms with Crippen LogP contribution in [0.4, 0.5) is 4.39 Å². The summed E-state index contributed by atoms with van der Waals surface area (Å²) in [4.78, 5) is 0. The van der Waals surface area contributed by atoms with Gasteiger partial charge in [-0.25, -0.2) is 4.39 Å². The van der Waals surface area contributed by atoms with E-state index in [0.29, 0.717) is 18.4 Å². The summed E-state index contributed by atoms with van der Waals surface area (Å²) in [7, 11) is 0. The first-order valence-electron chi connectivity index (χ1n) is 6.64. The Hall–Kier alpha value is -1.67. The van der Waals surface area contributed by atoms with Crippen molar-refractivity contribution in [2.75, 3.05) is 0 Å². The molecule has 2 aromatic rings. The summed E-state index contributed by atoms with van der Waals surface area (Å²) in [5.74, 6) is -0.217. The molecule has 1 atom stereocenters. The van der Waals surface area contributed by atoms with Gasteiger partial charge in [-0.3, -0.25) is 0 Å². The molecule has 0 fully saturated rings. The summed E-state index contributed by atoms with van der Waals surface area (Å²) in [6.07, 6.45) is 1.34. The van der Waals surface area contributed by atoms with Gasteiger partial charge >= 0.3 is 0 Å². The third-order valence-electron chi connectivity index (χ3n) is 3.65. The molecule has 0 bridgehead atoms. The molecule has 0 saturated heterocycles. The maximum atomic E-state index is 14.1. The molecule has 2 rings (SSSR count). The molecule has 19 heavy (non-hydrogen) atoms. The van der Waals surface area contributed by atoms with Gasteiger partial charge in [0.1, 0.15) is 5.82 Å². The van der Waals surface area contributed by atoms with Gasteiger partial charge in [-0.2, -0.15) is 0 Å². The van der Waals surface area contributed by atoms with Gasteiger partial charge < -0.3 is 5.73 Å². The Balaban J connectivity index is 2.39. The van der Waals surface area contributed by atoms with Crippen LogP contribution in [0.3, 0.4) is 0 Å². The second kappa shape index (κ2) is 5.54. The number of benzene rings is 2. The molecule has 100 valence electrons. The van der Waals surface area contributed by atoms with Crippen molar-refractivity contribution in [2.24, 2.45) is 5.73 Å². The lowest BCUT2D eigenvalue weighted by atomic mass is 9.81. The van der Waals surface area contributed by atoms with Crippen LogP contribution in [-0.2, 0) is 12.0 Å². The van der Waals surface area contributed by atoms with Crippen LogP contribution in [0, 0.1) is 12.7 Å². The van der Waals surface area contributed by atoms with Gasteiger partial charge in [-0.15, -0.1) is 0 Å². The average Bonchev–Trinajstić information content (AvgIpc) is 2.42. The second-order valence-electron chi connectivity index (χ2n) is 5.16. The highest BCUT2D eigenvalue weighted by Crippen LogP contribution is 2.29. The average molecular weight is 257 g/mol. The van der Waals surface area contributed by atoms with Crippen molar-refractivity contribution in [2.45, 2.75) is 32.2 Å². The molecule has 0 aromatic heterocycles. The van der Waals surface area contributed by atoms with Crippen LogP contribution in [0.1, 0.15) is 30.0 Å². The quantitative estimate of drug-likeness (QED) is 0.882. The Labute approximate surface area is 114 Å². The van der Waals surface area contributed by atoms with E-state index in [1.807, 2.05) is 50.2 Å². The van der Waals surface area contributed by atoms with E-state index in [2.05, 4.69) is 0 Å². The Morgan fingerprint density at radius 3 is 2.42 bits per heavy atom. The number of hydrogen-bond donors (Lipinski definition) is 1. The Morgan fingerprint density at radius 1 is 1.11 bits per heavy atom. The standard InChI is InChI=1S/C17H20FN/c1-3-17(19,12-14-7-5-4-6-8-14)15-11-13(2)9-10-16(15)18/h4-11H,3,12,19H2,1-2H3. The number of halogens is 1. The molecule has 0 heterocycles. The molecule has 1 unspecified atom stereocenters. The summed E-state index contributed by atoms with van der Waals surface area (Å²) < 4.78 is 14.1. The van der Waals surface area contributed by atoms with E-state index in [1.165, 1.54) is 6.07 Å². The van der Waals surface area contributed by atoms with Gasteiger partial charge in [-0.1, -0.05) is 55.0 Å². The van der Waals surface area contributed by atoms with Gasteiger partial charge in [0.2, 0.25) is 0 Å². The molecule has 0 aliphatic rings. The zero-order valence-electron chi connectivity index (χ0n) is 11.5. The monoisotopic (exact) mass is 257 g/mol. The highest BCUT2D eigenvalue weighted by Gasteiger charge is 2.28. The van der Waals surface area contributed by atoms with E-state index >= 15 is 0 Å². The van der Waals surface area contributed by atoms with Crippen LogP contribution < -0.4 is 5.73 Å². The largest absolute Gasteiger partial charge is 0.321 e. The van der Waals surface area contributed by atoms with Crippen molar-refractivity contribution in [3.63, 3.8) is 0 Å². The van der Waals surface area contributed by atoms with Crippen LogP contribution >= 0.6 is 0 Å². The lowest BCUT2D eigenvalue weighted by molar-refractivity contribution is 0.402. The van der Waals surface area contributed by atoms with E-state index in [0.717, 1.165) is 11.1 Å². The summed E-state index contributed by atoms with van der Waals surface area (Å²) in [6.45, 7) is 3.96. The minimum atomic E-state index is -0.655. The number of aryl methyl sites for hydroxylation is 1. The van der Waals surface area contributed by atoms with Crippen LogP contribution in [0.15, 0.2) is 48.5 Å². The fraction of sp³-hybridized carbons (Fsp3) is 0.294. The first kappa shape index (κ1) is 13.8. The van der Waals surface area contributed by atoms with Crippen molar-refractivity contribution in [1.82, 2.24) is 0 Å². The van der Waals surface area contributed by atoms with Gasteiger partial charge in [0, 0.05) is 11.1 Å². The number of rotatable bonds is 4. The number of hydrogen-bond acceptors (Lipinski definition) is 1. The summed E-state index contributed by atoms with van der Waals surface area (Å²) in [5, 5.41) is 0. The SMILES string of the molecule is CCC(N)(Cc1ccccc1)c1cc(C)ccc1F. The Morgan fingerprint density at radius 2 is 1.79 bits per heavy atom. The van der Waals surface area contributed by atoms with Gasteiger partial charge in [0.15, 0.2) is 0 Å². The smallest absolute Gasteiger partial charge is 0.128 e. The lowest BCUT2D eigenvalue weighted by Crippen LogP contribution is -2.39. The Bertz CT molecular complexity index is 550. The van der Waals surface area contributed by atoms with E-state index in [9.17, 15) is 4.39 Å². The second-order valence-corrected chi connectivity index (χ2v) is 5.16. The molecule has 2 heteroatoms. The van der Waals surface area contributed by atoms with Crippen LogP contribution in [0.5, 0.6) is 0 Å². The fourth-order valence-electron chi connectivity index (χ4n) is 2.39. The minimum Gasteiger partial charge on any atom is -0.321 e. The normalized spacial score (nSPS) is 14.1. The van der Waals surface area contributed by atoms with E-state index in [4.69, 9.17) is 5.73 Å². The molecule has 0 spiro atoms. The van der Waals surface area contributed by atoms with E-state index in [-0.39, 0.29) is 5.82 Å². The predicted octanol–water partition coefficient (Wildman–Crippen LogP) is 3.94. The summed E-state index contributed by atoms with van der Waals surface area (Å²) in [5.41, 5.74) is 8.60. The third-order valence-corrected chi connectivity index (χ3v) is 3.65. The van der Waals surface area contributed by atoms with Gasteiger partial charge in [0.25, 0.3) is 0 Å². The molecule has 0 aliphatic carbocycles. The first-order chi connectivity index (χ1) is 9.05. The molecule has 2 aromatic carbocycles. The van der Waals surface area contributed by atoms with Gasteiger partial charge in [0.05, 0.1) is 0 Å². The molecule has 0 saturated carbocycles. The molecular weight excluding hydrogens is 237 g/mol. The zero-order valence-corrected chi connectivity index (χ0v) is 11.5. The third kappa shape index (κ3) is 3.02. The van der Waals surface area contributed by atoms with Crippen molar-refractivity contribution in [3.05, 3.63) is 71.0 Å². The molecular formula is C17H20FN. The van der Waals surface area contributed by atoms with Crippen molar-refractivity contribution in [3.8, 4) is 0 Å². The molecule has 1 nitrogen and oxygen atoms in total. The molecule has 2 N–H and O–H groups in total. The first-order valence-corrected chi connectivity index (χ1v) is 6.64. The topological polar surface area (TPSA) is 26.0 Å². The molecule has 0 amide bonds. The summed E-state index contributed by atoms with van der Waals surface area (Å²) >= 11 is 0. The molecule has 0 aliphatic heterocycles. The van der Waals surface area contributed by atoms with E-state index in [1.54, 1.807) is 6.07 Å². The fourth-order valence-corrected chi connectivity index (χ4v) is 2.39. The highest BCUT2D eigenvalue weighted by molar-refractivity contribution is 5.32. The van der Waals surface area contributed by atoms with Crippen molar-refractivity contribution in [1.29, 1.82) is 0 Å². The van der Waals surface area contributed by atoms with Gasteiger partial charge in [-0.05, 0) is 31.4 Å². The van der Waals surface area contributed by atoms with Crippen molar-refractivity contribution >= 4 is 0 Å². The highest BCUT2D eigenvalue weighted by atomic mass is 19.1. The van der Waals surface area contributed by atoms with E-state index < -0.39 is 5.54 Å². The predicted molar refractivity (Wildman–Crippen MR) is 77.4 cm³/mol. The molecule has 0 radical (unpaired) electrons. The van der Waals surface area contributed by atoms with Crippen LogP contribution in [0.25, 0.3) is 0 Å².